The van der Waals surface area contributed by atoms with E-state index in [-0.39, 0.29) is 0 Å². The fourth-order valence-electron chi connectivity index (χ4n) is 0.0638. The number of thiol groups is 1. The summed E-state index contributed by atoms with van der Waals surface area (Å²) in [5.41, 5.74) is 3.20. The summed E-state index contributed by atoms with van der Waals surface area (Å²) in [5.74, 6) is 0. The van der Waals surface area contributed by atoms with Gasteiger partial charge in [-0.25, -0.2) is 5.43 Å². The molecule has 0 heterocycles. The van der Waals surface area contributed by atoms with Crippen molar-refractivity contribution in [2.75, 3.05) is 0 Å². The van der Waals surface area contributed by atoms with E-state index in [0.29, 0.717) is 6.41 Å². The largest absolute Gasteiger partial charge is 0.277 e. The quantitative estimate of drug-likeness (QED) is 0.162. The van der Waals surface area contributed by atoms with Crippen molar-refractivity contribution in [2.24, 2.45) is 5.10 Å². The van der Waals surface area contributed by atoms with Crippen molar-refractivity contribution in [1.29, 1.82) is 0 Å². The highest BCUT2D eigenvalue weighted by Gasteiger charge is 1.56. The normalized spacial score (nSPS) is 8.83. The van der Waals surface area contributed by atoms with Crippen LogP contribution in [0.3, 0.4) is 0 Å². The van der Waals surface area contributed by atoms with E-state index >= 15 is 0 Å². The summed E-state index contributed by atoms with van der Waals surface area (Å²) < 4.78 is 0. The number of amides is 1. The van der Waals surface area contributed by atoms with E-state index in [1.54, 1.807) is 0 Å². The van der Waals surface area contributed by atoms with Crippen molar-refractivity contribution in [3.8, 4) is 0 Å². The minimum atomic E-state index is 0.465. The van der Waals surface area contributed by atoms with Crippen LogP contribution < -0.4 is 5.43 Å². The lowest BCUT2D eigenvalue weighted by molar-refractivity contribution is -0.109. The molecular formula is C2H4N2OS. The van der Waals surface area contributed by atoms with Crippen molar-refractivity contribution in [3.05, 3.63) is 0 Å². The molecule has 0 aliphatic carbocycles. The second kappa shape index (κ2) is 4.49. The van der Waals surface area contributed by atoms with Crippen LogP contribution in [0.15, 0.2) is 5.10 Å². The summed E-state index contributed by atoms with van der Waals surface area (Å²) in [6.45, 7) is 0. The number of hydrogen-bond donors (Lipinski definition) is 2. The minimum absolute atomic E-state index is 0.465. The molecule has 6 heavy (non-hydrogen) atoms. The molecule has 0 fully saturated rings. The van der Waals surface area contributed by atoms with Crippen LogP contribution in [0, 0.1) is 0 Å². The number of rotatable bonds is 2. The zero-order valence-electron chi connectivity index (χ0n) is 2.96. The molecule has 0 saturated heterocycles. The highest BCUT2D eigenvalue weighted by molar-refractivity contribution is 7.94. The second-order valence-electron chi connectivity index (χ2n) is 0.492. The van der Waals surface area contributed by atoms with Crippen LogP contribution >= 0.6 is 12.6 Å². The van der Waals surface area contributed by atoms with Crippen molar-refractivity contribution in [2.45, 2.75) is 0 Å². The van der Waals surface area contributed by atoms with Crippen LogP contribution in [0.2, 0.25) is 0 Å². The first-order chi connectivity index (χ1) is 2.91. The lowest BCUT2D eigenvalue weighted by Crippen LogP contribution is -1.97. The summed E-state index contributed by atoms with van der Waals surface area (Å²) in [7, 11) is 0. The molecular weight excluding hydrogens is 100 g/mol. The predicted octanol–water partition coefficient (Wildman–Crippen LogP) is -0.395. The maximum Gasteiger partial charge on any atom is 0.227 e. The van der Waals surface area contributed by atoms with Gasteiger partial charge in [0.2, 0.25) is 6.41 Å². The molecule has 0 bridgehead atoms. The predicted molar refractivity (Wildman–Crippen MR) is 26.7 cm³/mol. The monoisotopic (exact) mass is 104 g/mol. The van der Waals surface area contributed by atoms with Gasteiger partial charge in [-0.1, -0.05) is 0 Å². The number of hydrogen-bond acceptors (Lipinski definition) is 2. The van der Waals surface area contributed by atoms with Crippen LogP contribution in [-0.4, -0.2) is 12.0 Å². The topological polar surface area (TPSA) is 41.5 Å². The Balaban J connectivity index is 2.85. The molecule has 0 aliphatic rings. The van der Waals surface area contributed by atoms with E-state index in [4.69, 9.17) is 0 Å². The average Bonchev–Trinajstić information content (AvgIpc) is 1.61. The Bertz CT molecular complexity index is 62.6. The van der Waals surface area contributed by atoms with Crippen molar-refractivity contribution < 1.29 is 4.79 Å². The van der Waals surface area contributed by atoms with Crippen LogP contribution in [0.1, 0.15) is 0 Å². The van der Waals surface area contributed by atoms with Gasteiger partial charge < -0.3 is 0 Å². The Kier molecular flexibility index (Phi) is 4.11. The molecule has 0 saturated carbocycles. The number of hydrazone groups is 1. The molecule has 0 radical (unpaired) electrons. The summed E-state index contributed by atoms with van der Waals surface area (Å²) >= 11 is 3.54. The Hall–Kier alpha value is -0.510. The molecule has 0 spiro atoms. The molecule has 1 N–H and O–H groups in total. The van der Waals surface area contributed by atoms with Gasteiger partial charge in [0.1, 0.15) is 0 Å². The third-order valence-corrected chi connectivity index (χ3v) is 0.300. The van der Waals surface area contributed by atoms with Crippen molar-refractivity contribution >= 4 is 24.6 Å². The summed E-state index contributed by atoms with van der Waals surface area (Å²) in [4.78, 5) is 9.30. The van der Waals surface area contributed by atoms with Crippen molar-refractivity contribution in [1.82, 2.24) is 5.43 Å². The fraction of sp³-hybridized carbons (Fsp3) is 0. The van der Waals surface area contributed by atoms with Crippen LogP contribution in [0.25, 0.3) is 0 Å². The highest BCUT2D eigenvalue weighted by atomic mass is 32.1. The first kappa shape index (κ1) is 5.49. The smallest absolute Gasteiger partial charge is 0.227 e. The van der Waals surface area contributed by atoms with E-state index in [1.165, 1.54) is 5.55 Å². The number of nitrogens with one attached hydrogen (secondary N) is 1. The van der Waals surface area contributed by atoms with Gasteiger partial charge in [0.25, 0.3) is 0 Å². The molecule has 0 unspecified atom stereocenters. The Morgan fingerprint density at radius 2 is 2.50 bits per heavy atom. The van der Waals surface area contributed by atoms with Gasteiger partial charge in [-0.15, -0.1) is 12.6 Å². The molecule has 0 rings (SSSR count). The molecule has 34 valence electrons. The van der Waals surface area contributed by atoms with E-state index in [9.17, 15) is 4.79 Å². The van der Waals surface area contributed by atoms with Gasteiger partial charge in [0.15, 0.2) is 0 Å². The van der Waals surface area contributed by atoms with Gasteiger partial charge in [-0.05, 0) is 0 Å². The molecule has 1 amide bonds. The highest BCUT2D eigenvalue weighted by Crippen LogP contribution is 1.54. The summed E-state index contributed by atoms with van der Waals surface area (Å²) in [5, 5.41) is 3.21. The van der Waals surface area contributed by atoms with Crippen LogP contribution in [-0.2, 0) is 4.79 Å². The van der Waals surface area contributed by atoms with Gasteiger partial charge in [-0.2, -0.15) is 5.10 Å². The molecule has 0 aliphatic heterocycles. The summed E-state index contributed by atoms with van der Waals surface area (Å²) in [6.07, 6.45) is 0.465. The second-order valence-corrected chi connectivity index (χ2v) is 0.722. The Morgan fingerprint density at radius 1 is 1.83 bits per heavy atom. The van der Waals surface area contributed by atoms with Gasteiger partial charge >= 0.3 is 0 Å². The van der Waals surface area contributed by atoms with Crippen molar-refractivity contribution in [3.63, 3.8) is 0 Å². The Morgan fingerprint density at radius 3 is 2.67 bits per heavy atom. The van der Waals surface area contributed by atoms with E-state index < -0.39 is 0 Å². The minimum Gasteiger partial charge on any atom is -0.277 e. The van der Waals surface area contributed by atoms with E-state index in [1.807, 2.05) is 5.43 Å². The maximum absolute atomic E-state index is 9.30. The first-order valence-corrected chi connectivity index (χ1v) is 1.78. The third kappa shape index (κ3) is 3.49. The lowest BCUT2D eigenvalue weighted by atomic mass is 11.4. The standard InChI is InChI=1S/C2H4N2OS/c5-1-3-4-2-6/h1-2H,(H,3,5)(H,4,6). The van der Waals surface area contributed by atoms with Crippen LogP contribution in [0.4, 0.5) is 0 Å². The van der Waals surface area contributed by atoms with Gasteiger partial charge in [-0.3, -0.25) is 4.79 Å². The SMILES string of the molecule is O=CN/N=C/S. The molecule has 4 heteroatoms. The number of carbonyl (C=O) groups excluding carboxylic acids is 1. The molecule has 0 atom stereocenters. The Labute approximate surface area is 40.8 Å². The maximum atomic E-state index is 9.30. The third-order valence-electron chi connectivity index (χ3n) is 0.185. The van der Waals surface area contributed by atoms with E-state index in [2.05, 4.69) is 17.7 Å². The molecule has 3 nitrogen and oxygen atoms in total. The average molecular weight is 104 g/mol. The zero-order chi connectivity index (χ0) is 4.83. The first-order valence-electron chi connectivity index (χ1n) is 1.26. The van der Waals surface area contributed by atoms with Crippen LogP contribution in [0.5, 0.6) is 0 Å². The zero-order valence-corrected chi connectivity index (χ0v) is 3.85. The molecule has 0 aromatic rings. The van der Waals surface area contributed by atoms with Gasteiger partial charge in [0, 0.05) is 0 Å². The lowest BCUT2D eigenvalue weighted by Gasteiger charge is -1.74. The molecule has 0 aromatic heterocycles. The fourth-order valence-corrected chi connectivity index (χ4v) is 0.130. The summed E-state index contributed by atoms with van der Waals surface area (Å²) in [6, 6.07) is 0. The number of carbonyl (C=O) groups is 1. The van der Waals surface area contributed by atoms with Gasteiger partial charge in [0.05, 0.1) is 5.55 Å². The number of nitrogens with zero attached hydrogens (tertiary/aromatic N) is 1. The molecule has 0 aromatic carbocycles. The van der Waals surface area contributed by atoms with E-state index in [0.717, 1.165) is 0 Å².